The van der Waals surface area contributed by atoms with Gasteiger partial charge in [0.25, 0.3) is 0 Å². The molecule has 22 heavy (non-hydrogen) atoms. The highest BCUT2D eigenvalue weighted by atomic mass is 16.3. The van der Waals surface area contributed by atoms with Crippen LogP contribution in [-0.4, -0.2) is 17.5 Å². The molecule has 1 amide bonds. The van der Waals surface area contributed by atoms with Crippen LogP contribution in [0.3, 0.4) is 0 Å². The average Bonchev–Trinajstić information content (AvgIpc) is 2.92. The van der Waals surface area contributed by atoms with Crippen molar-refractivity contribution in [2.24, 2.45) is 0 Å². The van der Waals surface area contributed by atoms with Crippen LogP contribution in [0.15, 0.2) is 46.9 Å². The maximum atomic E-state index is 12.0. The Morgan fingerprint density at radius 3 is 2.45 bits per heavy atom. The molecule has 118 valence electrons. The summed E-state index contributed by atoms with van der Waals surface area (Å²) >= 11 is 0. The molecule has 0 radical (unpaired) electrons. The van der Waals surface area contributed by atoms with E-state index in [0.29, 0.717) is 6.54 Å². The summed E-state index contributed by atoms with van der Waals surface area (Å²) in [5, 5.41) is 6.13. The molecular formula is C18H24N2O2. The number of carbonyl (C=O) groups is 1. The van der Waals surface area contributed by atoms with E-state index in [1.54, 1.807) is 0 Å². The van der Waals surface area contributed by atoms with Crippen LogP contribution in [0.2, 0.25) is 0 Å². The van der Waals surface area contributed by atoms with E-state index in [9.17, 15) is 4.79 Å². The molecule has 1 aromatic heterocycles. The van der Waals surface area contributed by atoms with E-state index in [4.69, 9.17) is 4.42 Å². The van der Waals surface area contributed by atoms with Crippen LogP contribution in [0.25, 0.3) is 11.3 Å². The smallest absolute Gasteiger partial charge is 0.237 e. The summed E-state index contributed by atoms with van der Waals surface area (Å²) in [7, 11) is 0. The molecule has 1 heterocycles. The number of hydrogen-bond donors (Lipinski definition) is 2. The molecule has 1 aromatic carbocycles. The minimum absolute atomic E-state index is 0.0117. The van der Waals surface area contributed by atoms with Crippen molar-refractivity contribution in [3.05, 3.63) is 48.2 Å². The van der Waals surface area contributed by atoms with Gasteiger partial charge in [0.2, 0.25) is 5.91 Å². The van der Waals surface area contributed by atoms with Crippen molar-refractivity contribution in [1.82, 2.24) is 10.6 Å². The quantitative estimate of drug-likeness (QED) is 0.890. The van der Waals surface area contributed by atoms with E-state index in [2.05, 4.69) is 10.6 Å². The molecule has 0 bridgehead atoms. The van der Waals surface area contributed by atoms with Crippen molar-refractivity contribution in [3.8, 4) is 11.3 Å². The van der Waals surface area contributed by atoms with Gasteiger partial charge in [-0.15, -0.1) is 0 Å². The van der Waals surface area contributed by atoms with Crippen LogP contribution in [0.4, 0.5) is 0 Å². The highest BCUT2D eigenvalue weighted by molar-refractivity contribution is 5.81. The van der Waals surface area contributed by atoms with Gasteiger partial charge in [-0.05, 0) is 39.8 Å². The second-order valence-corrected chi connectivity index (χ2v) is 6.47. The lowest BCUT2D eigenvalue weighted by Crippen LogP contribution is -2.49. The van der Waals surface area contributed by atoms with E-state index in [1.807, 2.05) is 70.2 Å². The fourth-order valence-corrected chi connectivity index (χ4v) is 2.05. The van der Waals surface area contributed by atoms with E-state index in [0.717, 1.165) is 17.1 Å². The van der Waals surface area contributed by atoms with Crippen LogP contribution in [0, 0.1) is 0 Å². The third-order valence-corrected chi connectivity index (χ3v) is 3.19. The van der Waals surface area contributed by atoms with Crippen molar-refractivity contribution in [1.29, 1.82) is 0 Å². The molecule has 4 heteroatoms. The van der Waals surface area contributed by atoms with Gasteiger partial charge in [-0.25, -0.2) is 0 Å². The highest BCUT2D eigenvalue weighted by Crippen LogP contribution is 2.21. The normalized spacial score (nSPS) is 12.9. The lowest BCUT2D eigenvalue weighted by Gasteiger charge is -2.23. The first-order valence-corrected chi connectivity index (χ1v) is 7.55. The zero-order chi connectivity index (χ0) is 16.2. The largest absolute Gasteiger partial charge is 0.460 e. The molecule has 2 N–H and O–H groups in total. The zero-order valence-corrected chi connectivity index (χ0v) is 13.6. The summed E-state index contributed by atoms with van der Waals surface area (Å²) in [6, 6.07) is 13.6. The standard InChI is InChI=1S/C18H24N2O2/c1-13(17(21)20-18(2,3)4)19-12-15-10-11-16(22-15)14-8-6-5-7-9-14/h5-11,13,19H,12H2,1-4H3,(H,20,21). The van der Waals surface area contributed by atoms with Crippen LogP contribution < -0.4 is 10.6 Å². The molecule has 1 atom stereocenters. The Balaban J connectivity index is 1.90. The van der Waals surface area contributed by atoms with Crippen LogP contribution in [0.5, 0.6) is 0 Å². The first kappa shape index (κ1) is 16.3. The van der Waals surface area contributed by atoms with Crippen LogP contribution in [-0.2, 0) is 11.3 Å². The summed E-state index contributed by atoms with van der Waals surface area (Å²) in [5.74, 6) is 1.64. The third-order valence-electron chi connectivity index (χ3n) is 3.19. The van der Waals surface area contributed by atoms with Crippen molar-refractivity contribution in [2.45, 2.75) is 45.8 Å². The molecule has 0 aliphatic rings. The van der Waals surface area contributed by atoms with Gasteiger partial charge in [0, 0.05) is 11.1 Å². The van der Waals surface area contributed by atoms with Crippen molar-refractivity contribution in [3.63, 3.8) is 0 Å². The highest BCUT2D eigenvalue weighted by Gasteiger charge is 2.19. The number of hydrogen-bond acceptors (Lipinski definition) is 3. The SMILES string of the molecule is CC(NCc1ccc(-c2ccccc2)o1)C(=O)NC(C)(C)C. The van der Waals surface area contributed by atoms with Gasteiger partial charge < -0.3 is 9.73 Å². The van der Waals surface area contributed by atoms with Crippen LogP contribution >= 0.6 is 0 Å². The number of amides is 1. The molecular weight excluding hydrogens is 276 g/mol. The van der Waals surface area contributed by atoms with Gasteiger partial charge in [-0.3, -0.25) is 10.1 Å². The van der Waals surface area contributed by atoms with E-state index >= 15 is 0 Å². The summed E-state index contributed by atoms with van der Waals surface area (Å²) in [5.41, 5.74) is 0.824. The second kappa shape index (κ2) is 6.79. The fraction of sp³-hybridized carbons (Fsp3) is 0.389. The molecule has 0 fully saturated rings. The number of furan rings is 1. The maximum Gasteiger partial charge on any atom is 0.237 e. The Kier molecular flexibility index (Phi) is 5.03. The molecule has 1 unspecified atom stereocenters. The van der Waals surface area contributed by atoms with Crippen LogP contribution in [0.1, 0.15) is 33.5 Å². The predicted molar refractivity (Wildman–Crippen MR) is 88.3 cm³/mol. The van der Waals surface area contributed by atoms with Gasteiger partial charge in [0.1, 0.15) is 11.5 Å². The van der Waals surface area contributed by atoms with Gasteiger partial charge >= 0.3 is 0 Å². The first-order chi connectivity index (χ1) is 10.3. The Morgan fingerprint density at radius 2 is 1.82 bits per heavy atom. The Hall–Kier alpha value is -2.07. The third kappa shape index (κ3) is 4.74. The molecule has 0 spiro atoms. The van der Waals surface area contributed by atoms with Gasteiger partial charge in [-0.1, -0.05) is 30.3 Å². The number of benzene rings is 1. The monoisotopic (exact) mass is 300 g/mol. The van der Waals surface area contributed by atoms with Crippen molar-refractivity contribution in [2.75, 3.05) is 0 Å². The lowest BCUT2D eigenvalue weighted by molar-refractivity contribution is -0.124. The number of carbonyl (C=O) groups excluding carboxylic acids is 1. The summed E-state index contributed by atoms with van der Waals surface area (Å²) in [6.45, 7) is 8.27. The predicted octanol–water partition coefficient (Wildman–Crippen LogP) is 3.34. The molecule has 2 aromatic rings. The molecule has 0 aliphatic carbocycles. The molecule has 0 saturated heterocycles. The Labute approximate surface area is 131 Å². The van der Waals surface area contributed by atoms with E-state index in [1.165, 1.54) is 0 Å². The van der Waals surface area contributed by atoms with Crippen molar-refractivity contribution < 1.29 is 9.21 Å². The maximum absolute atomic E-state index is 12.0. The van der Waals surface area contributed by atoms with Gasteiger partial charge in [-0.2, -0.15) is 0 Å². The summed E-state index contributed by atoms with van der Waals surface area (Å²) in [4.78, 5) is 12.0. The van der Waals surface area contributed by atoms with Crippen molar-refractivity contribution >= 4 is 5.91 Å². The number of nitrogens with one attached hydrogen (secondary N) is 2. The van der Waals surface area contributed by atoms with Gasteiger partial charge in [0.05, 0.1) is 12.6 Å². The fourth-order valence-electron chi connectivity index (χ4n) is 2.05. The number of rotatable bonds is 5. The average molecular weight is 300 g/mol. The lowest BCUT2D eigenvalue weighted by atomic mass is 10.1. The minimum Gasteiger partial charge on any atom is -0.460 e. The topological polar surface area (TPSA) is 54.3 Å². The minimum atomic E-state index is -0.274. The molecule has 2 rings (SSSR count). The van der Waals surface area contributed by atoms with Gasteiger partial charge in [0.15, 0.2) is 0 Å². The van der Waals surface area contributed by atoms with E-state index < -0.39 is 0 Å². The summed E-state index contributed by atoms with van der Waals surface area (Å²) in [6.07, 6.45) is 0. The molecule has 0 saturated carbocycles. The second-order valence-electron chi connectivity index (χ2n) is 6.47. The summed E-state index contributed by atoms with van der Waals surface area (Å²) < 4.78 is 5.81. The Bertz CT molecular complexity index is 612. The Morgan fingerprint density at radius 1 is 1.14 bits per heavy atom. The molecule has 4 nitrogen and oxygen atoms in total. The zero-order valence-electron chi connectivity index (χ0n) is 13.6. The van der Waals surface area contributed by atoms with E-state index in [-0.39, 0.29) is 17.5 Å². The molecule has 0 aliphatic heterocycles. The first-order valence-electron chi connectivity index (χ1n) is 7.55.